The predicted octanol–water partition coefficient (Wildman–Crippen LogP) is -0.324. The summed E-state index contributed by atoms with van der Waals surface area (Å²) in [5, 5.41) is 0. The van der Waals surface area contributed by atoms with Crippen molar-refractivity contribution in [1.82, 2.24) is 0 Å². The zero-order chi connectivity index (χ0) is 3.58. The molecule has 0 unspecified atom stereocenters. The van der Waals surface area contributed by atoms with E-state index >= 15 is 0 Å². The molecule has 0 atom stereocenters. The van der Waals surface area contributed by atoms with Crippen LogP contribution in [0.2, 0.25) is 0 Å². The average molecular weight is 211 g/mol. The Balaban J connectivity index is -0.0000000450. The first-order valence-corrected chi connectivity index (χ1v) is 1.60. The van der Waals surface area contributed by atoms with Gasteiger partial charge < -0.3 is 0 Å². The maximum Gasteiger partial charge on any atom is 0.299 e. The molecule has 1 radical (unpaired) electrons. The van der Waals surface area contributed by atoms with E-state index < -0.39 is 11.4 Å². The number of rotatable bonds is 0. The van der Waals surface area contributed by atoms with Gasteiger partial charge in [-0.25, -0.2) is 0 Å². The molecule has 0 aromatic heterocycles. The fourth-order valence-electron chi connectivity index (χ4n) is 0. The van der Waals surface area contributed by atoms with Crippen molar-refractivity contribution in [2.45, 2.75) is 0 Å². The maximum atomic E-state index is 8.67. The van der Waals surface area contributed by atoms with Crippen molar-refractivity contribution < 1.29 is 49.9 Å². The molecule has 0 rings (SSSR count). The molecule has 6 heavy (non-hydrogen) atoms. The van der Waals surface area contributed by atoms with Crippen LogP contribution < -0.4 is 0 Å². The first-order chi connectivity index (χ1) is 1.73. The number of hydrogen-bond donors (Lipinski definition) is 2. The summed E-state index contributed by atoms with van der Waals surface area (Å²) in [7, 11) is 0. The first-order valence-electron chi connectivity index (χ1n) is 0.532. The van der Waals surface area contributed by atoms with Crippen LogP contribution in [0.3, 0.4) is 0 Å². The SMILES string of the molecule is O=S(O)O.[Cu].[Zn]. The molecule has 0 spiro atoms. The summed E-state index contributed by atoms with van der Waals surface area (Å²) in [6.45, 7) is 0. The van der Waals surface area contributed by atoms with Crippen molar-refractivity contribution in [2.75, 3.05) is 0 Å². The van der Waals surface area contributed by atoms with E-state index in [1.165, 1.54) is 0 Å². The third-order valence-corrected chi connectivity index (χ3v) is 0. The van der Waals surface area contributed by atoms with Gasteiger partial charge in [-0.1, -0.05) is 0 Å². The first kappa shape index (κ1) is 15.7. The van der Waals surface area contributed by atoms with Gasteiger partial charge in [-0.2, -0.15) is 4.21 Å². The quantitative estimate of drug-likeness (QED) is 0.426. The van der Waals surface area contributed by atoms with E-state index in [-0.39, 0.29) is 36.5 Å². The summed E-state index contributed by atoms with van der Waals surface area (Å²) in [5.41, 5.74) is 0. The Morgan fingerprint density at radius 3 is 1.33 bits per heavy atom. The van der Waals surface area contributed by atoms with Crippen LogP contribution in [-0.2, 0) is 47.9 Å². The summed E-state index contributed by atoms with van der Waals surface area (Å²) >= 11 is -2.61. The largest absolute Gasteiger partial charge is 0.299 e. The van der Waals surface area contributed by atoms with Gasteiger partial charge in [0.1, 0.15) is 0 Å². The minimum atomic E-state index is -2.61. The minimum absolute atomic E-state index is 0. The summed E-state index contributed by atoms with van der Waals surface area (Å²) < 4.78 is 22.8. The Morgan fingerprint density at radius 1 is 1.33 bits per heavy atom. The molecule has 0 aliphatic carbocycles. The zero-order valence-electron chi connectivity index (χ0n) is 2.72. The summed E-state index contributed by atoms with van der Waals surface area (Å²) in [4.78, 5) is 0. The van der Waals surface area contributed by atoms with Crippen LogP contribution in [0, 0.1) is 0 Å². The number of hydrogen-bond acceptors (Lipinski definition) is 1. The molecule has 39 valence electrons. The van der Waals surface area contributed by atoms with Gasteiger partial charge in [0.25, 0.3) is 11.4 Å². The van der Waals surface area contributed by atoms with Crippen molar-refractivity contribution in [3.8, 4) is 0 Å². The zero-order valence-corrected chi connectivity index (χ0v) is 7.44. The third kappa shape index (κ3) is 62.9. The van der Waals surface area contributed by atoms with E-state index in [4.69, 9.17) is 13.3 Å². The minimum Gasteiger partial charge on any atom is -0.284 e. The topological polar surface area (TPSA) is 57.5 Å². The molecular weight excluding hydrogens is 209 g/mol. The second-order valence-electron chi connectivity index (χ2n) is 0.231. The molecule has 0 aromatic carbocycles. The van der Waals surface area contributed by atoms with Gasteiger partial charge in [0.05, 0.1) is 0 Å². The maximum absolute atomic E-state index is 8.67. The van der Waals surface area contributed by atoms with Crippen LogP contribution in [0.1, 0.15) is 0 Å². The fourth-order valence-corrected chi connectivity index (χ4v) is 0. The van der Waals surface area contributed by atoms with E-state index in [1.54, 1.807) is 0 Å². The van der Waals surface area contributed by atoms with Crippen molar-refractivity contribution in [1.29, 1.82) is 0 Å². The predicted molar refractivity (Wildman–Crippen MR) is 13.4 cm³/mol. The Morgan fingerprint density at radius 2 is 1.33 bits per heavy atom. The fraction of sp³-hybridized carbons (Fsp3) is 0. The average Bonchev–Trinajstić information content (AvgIpc) is 0.811. The van der Waals surface area contributed by atoms with Gasteiger partial charge in [-0.05, 0) is 0 Å². The second kappa shape index (κ2) is 9.51. The van der Waals surface area contributed by atoms with Gasteiger partial charge in [0.2, 0.25) is 0 Å². The Hall–Kier alpha value is 1.21. The van der Waals surface area contributed by atoms with Crippen molar-refractivity contribution in [3.05, 3.63) is 0 Å². The summed E-state index contributed by atoms with van der Waals surface area (Å²) in [5.74, 6) is 0. The van der Waals surface area contributed by atoms with Crippen molar-refractivity contribution in [2.24, 2.45) is 0 Å². The standard InChI is InChI=1S/Cu.H2O3S.Zn/c;1-4(2)3;/h;(H2,1,2,3);. The van der Waals surface area contributed by atoms with Gasteiger partial charge in [0, 0.05) is 36.5 Å². The van der Waals surface area contributed by atoms with Gasteiger partial charge in [0.15, 0.2) is 0 Å². The summed E-state index contributed by atoms with van der Waals surface area (Å²) in [6, 6.07) is 0. The molecule has 0 aromatic rings. The van der Waals surface area contributed by atoms with Crippen LogP contribution in [0.25, 0.3) is 0 Å². The second-order valence-corrected chi connectivity index (χ2v) is 0.692. The van der Waals surface area contributed by atoms with Crippen molar-refractivity contribution in [3.63, 3.8) is 0 Å². The van der Waals surface area contributed by atoms with Crippen LogP contribution in [0.15, 0.2) is 0 Å². The van der Waals surface area contributed by atoms with Crippen LogP contribution >= 0.6 is 0 Å². The van der Waals surface area contributed by atoms with Crippen molar-refractivity contribution >= 4 is 11.4 Å². The van der Waals surface area contributed by atoms with Crippen LogP contribution in [-0.4, -0.2) is 13.3 Å². The van der Waals surface area contributed by atoms with E-state index in [2.05, 4.69) is 0 Å². The Labute approximate surface area is 61.2 Å². The molecule has 0 amide bonds. The van der Waals surface area contributed by atoms with E-state index in [9.17, 15) is 0 Å². The molecule has 6 heteroatoms. The van der Waals surface area contributed by atoms with Crippen LogP contribution in [0.5, 0.6) is 0 Å². The molecule has 0 saturated carbocycles. The molecule has 0 saturated heterocycles. The molecule has 0 fully saturated rings. The summed E-state index contributed by atoms with van der Waals surface area (Å²) in [6.07, 6.45) is 0. The van der Waals surface area contributed by atoms with Crippen LogP contribution in [0.4, 0.5) is 0 Å². The van der Waals surface area contributed by atoms with E-state index in [0.29, 0.717) is 0 Å². The van der Waals surface area contributed by atoms with E-state index in [0.717, 1.165) is 0 Å². The molecular formula is H2CuO3SZn. The van der Waals surface area contributed by atoms with Gasteiger partial charge >= 0.3 is 0 Å². The van der Waals surface area contributed by atoms with E-state index in [1.807, 2.05) is 0 Å². The molecule has 3 nitrogen and oxygen atoms in total. The molecule has 0 heterocycles. The molecule has 0 bridgehead atoms. The Kier molecular flexibility index (Phi) is 24.9. The molecule has 2 N–H and O–H groups in total. The Bertz CT molecular complexity index is 33.8. The van der Waals surface area contributed by atoms with Gasteiger partial charge in [-0.15, -0.1) is 0 Å². The third-order valence-electron chi connectivity index (χ3n) is 0. The van der Waals surface area contributed by atoms with Gasteiger partial charge in [-0.3, -0.25) is 9.11 Å². The molecule has 0 aliphatic heterocycles. The smallest absolute Gasteiger partial charge is 0.284 e. The normalized spacial score (nSPS) is 5.83. The molecule has 0 aliphatic rings. The monoisotopic (exact) mass is 209 g/mol.